The Labute approximate surface area is 129 Å². The zero-order chi connectivity index (χ0) is 15.6. The van der Waals surface area contributed by atoms with Gasteiger partial charge in [0.15, 0.2) is 4.90 Å². The fourth-order valence-corrected chi connectivity index (χ4v) is 3.55. The zero-order valence-corrected chi connectivity index (χ0v) is 13.3. The molecule has 21 heavy (non-hydrogen) atoms. The summed E-state index contributed by atoms with van der Waals surface area (Å²) in [6.45, 7) is -0.0149. The second-order valence-corrected chi connectivity index (χ2v) is 7.14. The predicted molar refractivity (Wildman–Crippen MR) is 78.2 cm³/mol. The number of furan rings is 1. The maximum absolute atomic E-state index is 12.5. The largest absolute Gasteiger partial charge is 0.468 e. The van der Waals surface area contributed by atoms with Gasteiger partial charge in [0.2, 0.25) is 10.0 Å². The molecular formula is C12H11BrN2O5S. The number of rotatable bonds is 5. The summed E-state index contributed by atoms with van der Waals surface area (Å²) in [6.07, 6.45) is 1.43. The van der Waals surface area contributed by atoms with E-state index in [1.54, 1.807) is 12.1 Å². The molecule has 0 aliphatic rings. The van der Waals surface area contributed by atoms with Gasteiger partial charge in [0.25, 0.3) is 5.69 Å². The van der Waals surface area contributed by atoms with Crippen molar-refractivity contribution in [1.82, 2.24) is 4.31 Å². The van der Waals surface area contributed by atoms with E-state index >= 15 is 0 Å². The second kappa shape index (κ2) is 5.96. The van der Waals surface area contributed by atoms with E-state index in [1.807, 2.05) is 0 Å². The molecule has 9 heteroatoms. The Kier molecular flexibility index (Phi) is 4.45. The molecule has 2 aromatic rings. The molecule has 0 unspecified atom stereocenters. The molecule has 1 heterocycles. The molecular weight excluding hydrogens is 364 g/mol. The van der Waals surface area contributed by atoms with Gasteiger partial charge >= 0.3 is 0 Å². The van der Waals surface area contributed by atoms with E-state index in [1.165, 1.54) is 25.4 Å². The Balaban J connectivity index is 2.43. The van der Waals surface area contributed by atoms with E-state index in [9.17, 15) is 18.5 Å². The average molecular weight is 375 g/mol. The number of halogens is 1. The third kappa shape index (κ3) is 3.31. The molecule has 0 bridgehead atoms. The Bertz CT molecular complexity index is 758. The van der Waals surface area contributed by atoms with Gasteiger partial charge in [-0.2, -0.15) is 4.31 Å². The van der Waals surface area contributed by atoms with Gasteiger partial charge in [-0.15, -0.1) is 0 Å². The molecule has 0 aliphatic carbocycles. The predicted octanol–water partition coefficient (Wildman–Crippen LogP) is 2.77. The van der Waals surface area contributed by atoms with Crippen molar-refractivity contribution in [2.45, 2.75) is 11.4 Å². The molecule has 0 fully saturated rings. The first-order valence-electron chi connectivity index (χ1n) is 5.75. The van der Waals surface area contributed by atoms with Crippen LogP contribution in [-0.4, -0.2) is 24.7 Å². The lowest BCUT2D eigenvalue weighted by Gasteiger charge is -2.16. The van der Waals surface area contributed by atoms with Crippen LogP contribution in [0.4, 0.5) is 5.69 Å². The molecule has 0 saturated heterocycles. The van der Waals surface area contributed by atoms with Gasteiger partial charge in [0.05, 0.1) is 17.7 Å². The highest BCUT2D eigenvalue weighted by molar-refractivity contribution is 9.10. The number of benzene rings is 1. The van der Waals surface area contributed by atoms with Crippen molar-refractivity contribution in [3.05, 3.63) is 56.9 Å². The summed E-state index contributed by atoms with van der Waals surface area (Å²) >= 11 is 3.12. The van der Waals surface area contributed by atoms with E-state index in [4.69, 9.17) is 4.42 Å². The zero-order valence-electron chi connectivity index (χ0n) is 10.9. The lowest BCUT2D eigenvalue weighted by Crippen LogP contribution is -2.27. The molecule has 0 N–H and O–H groups in total. The van der Waals surface area contributed by atoms with Crippen LogP contribution in [0.25, 0.3) is 0 Å². The van der Waals surface area contributed by atoms with Crippen LogP contribution < -0.4 is 0 Å². The SMILES string of the molecule is CN(Cc1ccco1)S(=O)(=O)c1cc(Br)ccc1[N+](=O)[O-]. The smallest absolute Gasteiger partial charge is 0.289 e. The van der Waals surface area contributed by atoms with Crippen LogP contribution in [0.3, 0.4) is 0 Å². The summed E-state index contributed by atoms with van der Waals surface area (Å²) in [5, 5.41) is 11.0. The molecule has 0 radical (unpaired) electrons. The third-order valence-corrected chi connectivity index (χ3v) is 5.09. The van der Waals surface area contributed by atoms with Crippen LogP contribution in [0.2, 0.25) is 0 Å². The lowest BCUT2D eigenvalue weighted by atomic mass is 10.3. The topological polar surface area (TPSA) is 93.7 Å². The molecule has 0 aliphatic heterocycles. The van der Waals surface area contributed by atoms with Crippen molar-refractivity contribution in [2.75, 3.05) is 7.05 Å². The highest BCUT2D eigenvalue weighted by atomic mass is 79.9. The van der Waals surface area contributed by atoms with Crippen molar-refractivity contribution >= 4 is 31.6 Å². The Morgan fingerprint density at radius 2 is 2.10 bits per heavy atom. The van der Waals surface area contributed by atoms with E-state index in [-0.39, 0.29) is 11.4 Å². The highest BCUT2D eigenvalue weighted by Crippen LogP contribution is 2.29. The number of nitrogens with zero attached hydrogens (tertiary/aromatic N) is 2. The summed E-state index contributed by atoms with van der Waals surface area (Å²) in [5.41, 5.74) is -0.468. The Morgan fingerprint density at radius 1 is 1.38 bits per heavy atom. The summed E-state index contributed by atoms with van der Waals surface area (Å²) < 4.78 is 31.5. The first-order valence-corrected chi connectivity index (χ1v) is 7.98. The van der Waals surface area contributed by atoms with Crippen LogP contribution in [0, 0.1) is 10.1 Å². The van der Waals surface area contributed by atoms with Crippen molar-refractivity contribution in [1.29, 1.82) is 0 Å². The normalized spacial score (nSPS) is 11.8. The Morgan fingerprint density at radius 3 is 2.67 bits per heavy atom. The first kappa shape index (κ1) is 15.7. The van der Waals surface area contributed by atoms with Gasteiger partial charge < -0.3 is 4.42 Å². The number of sulfonamides is 1. The summed E-state index contributed by atoms with van der Waals surface area (Å²) in [5.74, 6) is 0.443. The van der Waals surface area contributed by atoms with Gasteiger partial charge in [-0.05, 0) is 24.3 Å². The van der Waals surface area contributed by atoms with Crippen molar-refractivity contribution in [3.63, 3.8) is 0 Å². The molecule has 1 aromatic heterocycles. The van der Waals surface area contributed by atoms with Crippen LogP contribution in [0.5, 0.6) is 0 Å². The minimum atomic E-state index is -4.01. The van der Waals surface area contributed by atoms with Crippen molar-refractivity contribution in [2.24, 2.45) is 0 Å². The van der Waals surface area contributed by atoms with Gasteiger partial charge in [-0.3, -0.25) is 10.1 Å². The first-order chi connectivity index (χ1) is 9.82. The average Bonchev–Trinajstić information content (AvgIpc) is 2.91. The monoisotopic (exact) mass is 374 g/mol. The maximum Gasteiger partial charge on any atom is 0.289 e. The fourth-order valence-electron chi connectivity index (χ4n) is 1.72. The number of hydrogen-bond donors (Lipinski definition) is 0. The maximum atomic E-state index is 12.5. The molecule has 0 atom stereocenters. The number of hydrogen-bond acceptors (Lipinski definition) is 5. The molecule has 7 nitrogen and oxygen atoms in total. The van der Waals surface area contributed by atoms with Crippen LogP contribution in [0.15, 0.2) is 50.4 Å². The van der Waals surface area contributed by atoms with Crippen LogP contribution in [-0.2, 0) is 16.6 Å². The van der Waals surface area contributed by atoms with Gasteiger partial charge in [0.1, 0.15) is 5.76 Å². The molecule has 2 rings (SSSR count). The van der Waals surface area contributed by atoms with Gasteiger partial charge in [-0.25, -0.2) is 8.42 Å². The number of nitro groups is 1. The molecule has 0 spiro atoms. The Hall–Kier alpha value is -1.71. The van der Waals surface area contributed by atoms with Gasteiger partial charge in [-0.1, -0.05) is 15.9 Å². The summed E-state index contributed by atoms with van der Waals surface area (Å²) in [6, 6.07) is 7.05. The second-order valence-electron chi connectivity index (χ2n) is 4.21. The van der Waals surface area contributed by atoms with E-state index < -0.39 is 20.6 Å². The minimum absolute atomic E-state index is 0.0149. The summed E-state index contributed by atoms with van der Waals surface area (Å²) in [4.78, 5) is 9.92. The molecule has 1 aromatic carbocycles. The summed E-state index contributed by atoms with van der Waals surface area (Å²) in [7, 11) is -2.68. The van der Waals surface area contributed by atoms with Crippen molar-refractivity contribution < 1.29 is 17.8 Å². The van der Waals surface area contributed by atoms with Gasteiger partial charge in [0, 0.05) is 17.6 Å². The van der Waals surface area contributed by atoms with Crippen molar-refractivity contribution in [3.8, 4) is 0 Å². The molecule has 0 amide bonds. The molecule has 0 saturated carbocycles. The standard InChI is InChI=1S/C12H11BrN2O5S/c1-14(8-10-3-2-6-20-10)21(18,19)12-7-9(13)4-5-11(12)15(16)17/h2-7H,8H2,1H3. The fraction of sp³-hybridized carbons (Fsp3) is 0.167. The van der Waals surface area contributed by atoms with Crippen LogP contribution >= 0.6 is 15.9 Å². The van der Waals surface area contributed by atoms with E-state index in [0.29, 0.717) is 10.2 Å². The number of nitro benzene ring substituents is 1. The van der Waals surface area contributed by atoms with E-state index in [2.05, 4.69) is 15.9 Å². The molecule has 112 valence electrons. The van der Waals surface area contributed by atoms with E-state index in [0.717, 1.165) is 10.4 Å². The third-order valence-electron chi connectivity index (χ3n) is 2.77. The van der Waals surface area contributed by atoms with Crippen LogP contribution in [0.1, 0.15) is 5.76 Å². The quantitative estimate of drug-likeness (QED) is 0.592. The lowest BCUT2D eigenvalue weighted by molar-refractivity contribution is -0.387. The minimum Gasteiger partial charge on any atom is -0.468 e. The highest BCUT2D eigenvalue weighted by Gasteiger charge is 2.30.